The topological polar surface area (TPSA) is 68.3 Å². The van der Waals surface area contributed by atoms with Crippen LogP contribution in [0.4, 0.5) is 0 Å². The Morgan fingerprint density at radius 1 is 1.17 bits per heavy atom. The first-order chi connectivity index (χ1) is 11.0. The molecule has 0 saturated heterocycles. The van der Waals surface area contributed by atoms with E-state index in [-0.39, 0.29) is 24.3 Å². The number of esters is 1. The van der Waals surface area contributed by atoms with Crippen LogP contribution in [-0.4, -0.2) is 30.0 Å². The molecule has 0 aliphatic heterocycles. The van der Waals surface area contributed by atoms with Crippen molar-refractivity contribution in [2.75, 3.05) is 7.11 Å². The first-order valence-corrected chi connectivity index (χ1v) is 7.42. The van der Waals surface area contributed by atoms with Crippen LogP contribution in [-0.2, 0) is 9.53 Å². The van der Waals surface area contributed by atoms with Gasteiger partial charge in [-0.25, -0.2) is 0 Å². The highest BCUT2D eigenvalue weighted by Crippen LogP contribution is 2.18. The lowest BCUT2D eigenvalue weighted by Gasteiger charge is -2.14. The highest BCUT2D eigenvalue weighted by Gasteiger charge is 2.16. The van der Waals surface area contributed by atoms with E-state index in [0.717, 1.165) is 11.3 Å². The summed E-state index contributed by atoms with van der Waals surface area (Å²) in [5.74, 6) is -0.599. The summed E-state index contributed by atoms with van der Waals surface area (Å²) in [6, 6.07) is 13.1. The van der Waals surface area contributed by atoms with E-state index in [9.17, 15) is 9.59 Å². The van der Waals surface area contributed by atoms with Crippen LogP contribution in [0.5, 0.6) is 0 Å². The van der Waals surface area contributed by atoms with E-state index in [0.29, 0.717) is 11.3 Å². The molecule has 1 unspecified atom stereocenters. The van der Waals surface area contributed by atoms with E-state index in [2.05, 4.69) is 15.0 Å². The number of amides is 1. The maximum atomic E-state index is 12.3. The molecule has 1 aromatic carbocycles. The molecule has 5 heteroatoms. The van der Waals surface area contributed by atoms with Crippen molar-refractivity contribution in [2.45, 2.75) is 26.3 Å². The highest BCUT2D eigenvalue weighted by atomic mass is 16.5. The van der Waals surface area contributed by atoms with Crippen molar-refractivity contribution in [3.8, 4) is 11.3 Å². The summed E-state index contributed by atoms with van der Waals surface area (Å²) in [6.07, 6.45) is 0.136. The Kier molecular flexibility index (Phi) is 5.46. The van der Waals surface area contributed by atoms with Gasteiger partial charge in [-0.1, -0.05) is 30.3 Å². The number of aromatic nitrogens is 1. The standard InChI is InChI=1S/C18H20N2O3/c1-12(11-17(21)23-3)19-18(22)15-9-10-16(20-13(15)2)14-7-5-4-6-8-14/h4-10,12H,11H2,1-3H3,(H,19,22). The Hall–Kier alpha value is -2.69. The zero-order valence-corrected chi connectivity index (χ0v) is 13.5. The van der Waals surface area contributed by atoms with Gasteiger partial charge in [0.1, 0.15) is 0 Å². The van der Waals surface area contributed by atoms with Gasteiger partial charge >= 0.3 is 5.97 Å². The van der Waals surface area contributed by atoms with Crippen LogP contribution >= 0.6 is 0 Å². The molecular weight excluding hydrogens is 292 g/mol. The quantitative estimate of drug-likeness (QED) is 0.862. The summed E-state index contributed by atoms with van der Waals surface area (Å²) in [6.45, 7) is 3.56. The Morgan fingerprint density at radius 2 is 1.87 bits per heavy atom. The number of nitrogens with one attached hydrogen (secondary N) is 1. The largest absolute Gasteiger partial charge is 0.469 e. The van der Waals surface area contributed by atoms with Crippen LogP contribution in [0.15, 0.2) is 42.5 Å². The van der Waals surface area contributed by atoms with Crippen LogP contribution in [0.25, 0.3) is 11.3 Å². The maximum Gasteiger partial charge on any atom is 0.307 e. The second-order valence-corrected chi connectivity index (χ2v) is 5.35. The van der Waals surface area contributed by atoms with Crippen LogP contribution in [0.3, 0.4) is 0 Å². The summed E-state index contributed by atoms with van der Waals surface area (Å²) in [4.78, 5) is 28.0. The monoisotopic (exact) mass is 312 g/mol. The number of methoxy groups -OCH3 is 1. The molecule has 5 nitrogen and oxygen atoms in total. The number of rotatable bonds is 5. The molecule has 120 valence electrons. The minimum Gasteiger partial charge on any atom is -0.469 e. The zero-order chi connectivity index (χ0) is 16.8. The minimum atomic E-state index is -0.355. The van der Waals surface area contributed by atoms with Gasteiger partial charge in [-0.15, -0.1) is 0 Å². The molecule has 1 N–H and O–H groups in total. The number of hydrogen-bond donors (Lipinski definition) is 1. The fraction of sp³-hybridized carbons (Fsp3) is 0.278. The average molecular weight is 312 g/mol. The van der Waals surface area contributed by atoms with E-state index in [1.807, 2.05) is 36.4 Å². The third-order valence-electron chi connectivity index (χ3n) is 3.48. The summed E-state index contributed by atoms with van der Waals surface area (Å²) < 4.78 is 4.59. The first kappa shape index (κ1) is 16.7. The van der Waals surface area contributed by atoms with Crippen molar-refractivity contribution in [2.24, 2.45) is 0 Å². The number of benzene rings is 1. The lowest BCUT2D eigenvalue weighted by atomic mass is 10.1. The molecule has 0 saturated carbocycles. The molecule has 2 rings (SSSR count). The van der Waals surface area contributed by atoms with E-state index in [1.165, 1.54) is 7.11 Å². The maximum absolute atomic E-state index is 12.3. The van der Waals surface area contributed by atoms with E-state index < -0.39 is 0 Å². The number of hydrogen-bond acceptors (Lipinski definition) is 4. The lowest BCUT2D eigenvalue weighted by Crippen LogP contribution is -2.35. The van der Waals surface area contributed by atoms with Gasteiger partial charge in [-0.2, -0.15) is 0 Å². The summed E-state index contributed by atoms with van der Waals surface area (Å²) in [5.41, 5.74) is 2.97. The Balaban J connectivity index is 2.11. The number of pyridine rings is 1. The fourth-order valence-corrected chi connectivity index (χ4v) is 2.26. The normalized spacial score (nSPS) is 11.6. The molecule has 0 bridgehead atoms. The number of ether oxygens (including phenoxy) is 1. The minimum absolute atomic E-state index is 0.136. The molecule has 1 atom stereocenters. The van der Waals surface area contributed by atoms with Gasteiger partial charge in [0.2, 0.25) is 0 Å². The molecule has 0 spiro atoms. The smallest absolute Gasteiger partial charge is 0.307 e. The molecule has 1 aromatic heterocycles. The van der Waals surface area contributed by atoms with Crippen molar-refractivity contribution in [1.29, 1.82) is 0 Å². The highest BCUT2D eigenvalue weighted by molar-refractivity contribution is 5.95. The van der Waals surface area contributed by atoms with Crippen molar-refractivity contribution < 1.29 is 14.3 Å². The third-order valence-corrected chi connectivity index (χ3v) is 3.48. The van der Waals surface area contributed by atoms with Crippen LogP contribution in [0.2, 0.25) is 0 Å². The molecule has 0 fully saturated rings. The Bertz CT molecular complexity index is 699. The van der Waals surface area contributed by atoms with Gasteiger partial charge in [0, 0.05) is 11.6 Å². The van der Waals surface area contributed by atoms with Crippen molar-refractivity contribution >= 4 is 11.9 Å². The van der Waals surface area contributed by atoms with Gasteiger partial charge < -0.3 is 10.1 Å². The lowest BCUT2D eigenvalue weighted by molar-refractivity contribution is -0.141. The van der Waals surface area contributed by atoms with Gasteiger partial charge in [0.05, 0.1) is 30.5 Å². The fourth-order valence-electron chi connectivity index (χ4n) is 2.26. The van der Waals surface area contributed by atoms with Crippen molar-refractivity contribution in [3.63, 3.8) is 0 Å². The summed E-state index contributed by atoms with van der Waals surface area (Å²) in [7, 11) is 1.33. The average Bonchev–Trinajstić information content (AvgIpc) is 2.55. The molecule has 23 heavy (non-hydrogen) atoms. The van der Waals surface area contributed by atoms with Gasteiger partial charge in [0.15, 0.2) is 0 Å². The Labute approximate surface area is 135 Å². The molecule has 0 aliphatic carbocycles. The molecule has 0 aliphatic rings. The van der Waals surface area contributed by atoms with Gasteiger partial charge in [-0.05, 0) is 26.0 Å². The third kappa shape index (κ3) is 4.39. The van der Waals surface area contributed by atoms with Crippen LogP contribution in [0, 0.1) is 6.92 Å². The van der Waals surface area contributed by atoms with Crippen LogP contribution < -0.4 is 5.32 Å². The van der Waals surface area contributed by atoms with Crippen molar-refractivity contribution in [3.05, 3.63) is 53.7 Å². The van der Waals surface area contributed by atoms with Crippen molar-refractivity contribution in [1.82, 2.24) is 10.3 Å². The summed E-state index contributed by atoms with van der Waals surface area (Å²) in [5, 5.41) is 2.78. The molecule has 0 radical (unpaired) electrons. The zero-order valence-electron chi connectivity index (χ0n) is 13.5. The SMILES string of the molecule is COC(=O)CC(C)NC(=O)c1ccc(-c2ccccc2)nc1C. The number of carbonyl (C=O) groups excluding carboxylic acids is 2. The molecule has 2 aromatic rings. The number of nitrogens with zero attached hydrogens (tertiary/aromatic N) is 1. The predicted molar refractivity (Wildman–Crippen MR) is 88.0 cm³/mol. The van der Waals surface area contributed by atoms with Crippen LogP contribution in [0.1, 0.15) is 29.4 Å². The predicted octanol–water partition coefficient (Wildman–Crippen LogP) is 2.74. The summed E-state index contributed by atoms with van der Waals surface area (Å²) >= 11 is 0. The van der Waals surface area contributed by atoms with E-state index >= 15 is 0 Å². The molecular formula is C18H20N2O3. The second kappa shape index (κ2) is 7.54. The van der Waals surface area contributed by atoms with E-state index in [4.69, 9.17) is 0 Å². The number of carbonyl (C=O) groups is 2. The van der Waals surface area contributed by atoms with Gasteiger partial charge in [0.25, 0.3) is 5.91 Å². The Morgan fingerprint density at radius 3 is 2.48 bits per heavy atom. The van der Waals surface area contributed by atoms with E-state index in [1.54, 1.807) is 19.9 Å². The second-order valence-electron chi connectivity index (χ2n) is 5.35. The first-order valence-electron chi connectivity index (χ1n) is 7.42. The molecule has 1 amide bonds. The molecule has 1 heterocycles. The number of aryl methyl sites for hydroxylation is 1. The van der Waals surface area contributed by atoms with Gasteiger partial charge in [-0.3, -0.25) is 14.6 Å².